The average molecular weight is 294 g/mol. The summed E-state index contributed by atoms with van der Waals surface area (Å²) in [4.78, 5) is 13.4. The van der Waals surface area contributed by atoms with Gasteiger partial charge in [-0.3, -0.25) is 4.79 Å². The van der Waals surface area contributed by atoms with Crippen LogP contribution in [0.1, 0.15) is 10.4 Å². The first-order valence-electron chi connectivity index (χ1n) is 6.77. The van der Waals surface area contributed by atoms with Crippen molar-refractivity contribution >= 4 is 5.78 Å². The monoisotopic (exact) mass is 294 g/mol. The van der Waals surface area contributed by atoms with Crippen molar-refractivity contribution < 1.29 is 9.53 Å². The van der Waals surface area contributed by atoms with E-state index in [0.717, 1.165) is 5.56 Å². The van der Waals surface area contributed by atoms with Crippen molar-refractivity contribution in [1.82, 2.24) is 20.2 Å². The molecule has 0 aliphatic heterocycles. The number of ketones is 1. The number of ether oxygens (including phenoxy) is 1. The highest BCUT2D eigenvalue weighted by Gasteiger charge is 2.11. The van der Waals surface area contributed by atoms with Gasteiger partial charge in [0.1, 0.15) is 12.3 Å². The molecule has 1 heterocycles. The van der Waals surface area contributed by atoms with E-state index in [0.29, 0.717) is 17.1 Å². The number of carbonyl (C=O) groups excluding carboxylic acids is 1. The molecule has 0 bridgehead atoms. The Bertz CT molecular complexity index is 784. The van der Waals surface area contributed by atoms with Gasteiger partial charge in [-0.2, -0.15) is 4.80 Å². The molecule has 0 fully saturated rings. The molecule has 0 saturated heterocycles. The minimum Gasteiger partial charge on any atom is -0.497 e. The smallest absolute Gasteiger partial charge is 0.205 e. The molecule has 0 amide bonds. The predicted molar refractivity (Wildman–Crippen MR) is 80.6 cm³/mol. The molecule has 2 aromatic carbocycles. The van der Waals surface area contributed by atoms with E-state index in [1.165, 1.54) is 4.80 Å². The largest absolute Gasteiger partial charge is 0.497 e. The first kappa shape index (κ1) is 13.9. The second-order valence-electron chi connectivity index (χ2n) is 4.66. The highest BCUT2D eigenvalue weighted by Crippen LogP contribution is 2.19. The van der Waals surface area contributed by atoms with Gasteiger partial charge in [-0.15, -0.1) is 10.2 Å². The molecule has 3 aromatic rings. The molecule has 110 valence electrons. The molecule has 0 N–H and O–H groups in total. The third-order valence-electron chi connectivity index (χ3n) is 3.16. The van der Waals surface area contributed by atoms with Crippen LogP contribution in [0, 0.1) is 0 Å². The van der Waals surface area contributed by atoms with Crippen molar-refractivity contribution in [2.45, 2.75) is 6.54 Å². The maximum atomic E-state index is 12.1. The van der Waals surface area contributed by atoms with Gasteiger partial charge in [0.15, 0.2) is 5.78 Å². The molecule has 6 heteroatoms. The molecule has 0 atom stereocenters. The minimum absolute atomic E-state index is 0.0565. The summed E-state index contributed by atoms with van der Waals surface area (Å²) < 4.78 is 5.17. The number of nitrogens with zero attached hydrogens (tertiary/aromatic N) is 4. The van der Waals surface area contributed by atoms with Gasteiger partial charge < -0.3 is 4.74 Å². The lowest BCUT2D eigenvalue weighted by Gasteiger charge is -2.00. The number of aromatic nitrogens is 4. The van der Waals surface area contributed by atoms with Crippen LogP contribution in [0.5, 0.6) is 5.75 Å². The van der Waals surface area contributed by atoms with E-state index < -0.39 is 0 Å². The molecule has 22 heavy (non-hydrogen) atoms. The fraction of sp³-hybridized carbons (Fsp3) is 0.125. The number of methoxy groups -OCH3 is 1. The first-order chi connectivity index (χ1) is 10.8. The van der Waals surface area contributed by atoms with Crippen LogP contribution in [-0.2, 0) is 6.54 Å². The molecular formula is C16H14N4O2. The Morgan fingerprint density at radius 1 is 1.14 bits per heavy atom. The number of tetrazole rings is 1. The van der Waals surface area contributed by atoms with Crippen LogP contribution in [0.25, 0.3) is 11.4 Å². The van der Waals surface area contributed by atoms with E-state index in [-0.39, 0.29) is 12.3 Å². The van der Waals surface area contributed by atoms with Gasteiger partial charge in [-0.1, -0.05) is 42.5 Å². The van der Waals surface area contributed by atoms with E-state index in [4.69, 9.17) is 4.74 Å². The molecule has 0 unspecified atom stereocenters. The third-order valence-corrected chi connectivity index (χ3v) is 3.16. The maximum absolute atomic E-state index is 12.1. The Balaban J connectivity index is 1.78. The number of hydrogen-bond donors (Lipinski definition) is 0. The fourth-order valence-corrected chi connectivity index (χ4v) is 2.03. The summed E-state index contributed by atoms with van der Waals surface area (Å²) in [6, 6.07) is 16.4. The van der Waals surface area contributed by atoms with Gasteiger partial charge >= 0.3 is 0 Å². The lowest BCUT2D eigenvalue weighted by Crippen LogP contribution is -2.13. The summed E-state index contributed by atoms with van der Waals surface area (Å²) in [5.41, 5.74) is 1.42. The van der Waals surface area contributed by atoms with Gasteiger partial charge in [0, 0.05) is 11.1 Å². The van der Waals surface area contributed by atoms with Crippen LogP contribution in [0.2, 0.25) is 0 Å². The molecule has 1 aromatic heterocycles. The summed E-state index contributed by atoms with van der Waals surface area (Å²) in [5, 5.41) is 12.1. The Hall–Kier alpha value is -3.02. The van der Waals surface area contributed by atoms with Crippen LogP contribution in [-0.4, -0.2) is 33.1 Å². The van der Waals surface area contributed by atoms with Gasteiger partial charge in [-0.05, 0) is 17.3 Å². The van der Waals surface area contributed by atoms with Gasteiger partial charge in [0.05, 0.1) is 7.11 Å². The van der Waals surface area contributed by atoms with E-state index in [9.17, 15) is 4.79 Å². The summed E-state index contributed by atoms with van der Waals surface area (Å²) in [5.74, 6) is 1.11. The minimum atomic E-state index is -0.0600. The van der Waals surface area contributed by atoms with Gasteiger partial charge in [0.25, 0.3) is 0 Å². The molecule has 3 rings (SSSR count). The van der Waals surface area contributed by atoms with Crippen molar-refractivity contribution in [3.05, 3.63) is 60.2 Å². The molecule has 0 aliphatic rings. The van der Waals surface area contributed by atoms with E-state index in [1.54, 1.807) is 19.2 Å². The van der Waals surface area contributed by atoms with Gasteiger partial charge in [-0.25, -0.2) is 0 Å². The average Bonchev–Trinajstić information content (AvgIpc) is 3.04. The number of Topliss-reactive ketones (excluding diaryl/α,β-unsaturated/α-hetero) is 1. The zero-order valence-corrected chi connectivity index (χ0v) is 12.0. The number of carbonyl (C=O) groups is 1. The highest BCUT2D eigenvalue weighted by molar-refractivity contribution is 5.95. The Labute approximate surface area is 127 Å². The maximum Gasteiger partial charge on any atom is 0.205 e. The lowest BCUT2D eigenvalue weighted by molar-refractivity contribution is 0.0961. The number of benzene rings is 2. The van der Waals surface area contributed by atoms with Crippen molar-refractivity contribution in [2.24, 2.45) is 0 Å². The second kappa shape index (κ2) is 6.17. The molecule has 0 aliphatic carbocycles. The molecule has 0 spiro atoms. The van der Waals surface area contributed by atoms with E-state index in [2.05, 4.69) is 15.4 Å². The molecule has 6 nitrogen and oxygen atoms in total. The Morgan fingerprint density at radius 2 is 1.95 bits per heavy atom. The number of hydrogen-bond acceptors (Lipinski definition) is 5. The number of rotatable bonds is 5. The van der Waals surface area contributed by atoms with Gasteiger partial charge in [0.2, 0.25) is 5.82 Å². The molecule has 0 saturated carbocycles. The second-order valence-corrected chi connectivity index (χ2v) is 4.66. The van der Waals surface area contributed by atoms with Crippen LogP contribution in [0.4, 0.5) is 0 Å². The predicted octanol–water partition coefficient (Wildman–Crippen LogP) is 2.23. The van der Waals surface area contributed by atoms with Crippen LogP contribution >= 0.6 is 0 Å². The Morgan fingerprint density at radius 3 is 2.73 bits per heavy atom. The van der Waals surface area contributed by atoms with Crippen LogP contribution in [0.15, 0.2) is 54.6 Å². The zero-order chi connectivity index (χ0) is 15.4. The summed E-state index contributed by atoms with van der Waals surface area (Å²) in [6.45, 7) is 0.0565. The van der Waals surface area contributed by atoms with Crippen molar-refractivity contribution in [3.63, 3.8) is 0 Å². The van der Waals surface area contributed by atoms with Crippen molar-refractivity contribution in [3.8, 4) is 17.1 Å². The normalized spacial score (nSPS) is 10.4. The highest BCUT2D eigenvalue weighted by atomic mass is 16.5. The lowest BCUT2D eigenvalue weighted by atomic mass is 10.1. The molecule has 0 radical (unpaired) electrons. The standard InChI is InChI=1S/C16H14N4O2/c1-22-14-9-5-8-13(10-14)16-17-19-20(18-16)11-15(21)12-6-3-2-4-7-12/h2-10H,11H2,1H3. The third kappa shape index (κ3) is 3.01. The quantitative estimate of drug-likeness (QED) is 0.675. The fourth-order valence-electron chi connectivity index (χ4n) is 2.03. The summed E-state index contributed by atoms with van der Waals surface area (Å²) in [7, 11) is 1.60. The zero-order valence-electron chi connectivity index (χ0n) is 12.0. The summed E-state index contributed by atoms with van der Waals surface area (Å²) in [6.07, 6.45) is 0. The van der Waals surface area contributed by atoms with Crippen molar-refractivity contribution in [2.75, 3.05) is 7.11 Å². The van der Waals surface area contributed by atoms with E-state index in [1.807, 2.05) is 42.5 Å². The van der Waals surface area contributed by atoms with Crippen LogP contribution in [0.3, 0.4) is 0 Å². The van der Waals surface area contributed by atoms with Crippen molar-refractivity contribution in [1.29, 1.82) is 0 Å². The first-order valence-corrected chi connectivity index (χ1v) is 6.77. The molecular weight excluding hydrogens is 280 g/mol. The SMILES string of the molecule is COc1cccc(-c2nnn(CC(=O)c3ccccc3)n2)c1. The topological polar surface area (TPSA) is 69.9 Å². The van der Waals surface area contributed by atoms with Crippen LogP contribution < -0.4 is 4.74 Å². The Kier molecular flexibility index (Phi) is 3.91. The van der Waals surface area contributed by atoms with E-state index >= 15 is 0 Å². The summed E-state index contributed by atoms with van der Waals surface area (Å²) >= 11 is 0.